The van der Waals surface area contributed by atoms with Crippen LogP contribution in [0.15, 0.2) is 24.3 Å². The average Bonchev–Trinajstić information content (AvgIpc) is 2.53. The second-order valence-corrected chi connectivity index (χ2v) is 5.74. The Kier molecular flexibility index (Phi) is 7.32. The second-order valence-electron chi connectivity index (χ2n) is 5.74. The van der Waals surface area contributed by atoms with Crippen LogP contribution in [0.2, 0.25) is 0 Å². The van der Waals surface area contributed by atoms with E-state index in [2.05, 4.69) is 0 Å². The van der Waals surface area contributed by atoms with Crippen LogP contribution < -0.4 is 5.73 Å². The van der Waals surface area contributed by atoms with Crippen molar-refractivity contribution in [1.29, 1.82) is 0 Å². The predicted octanol–water partition coefficient (Wildman–Crippen LogP) is 1.23. The highest BCUT2D eigenvalue weighted by atomic mass is 35.5. The summed E-state index contributed by atoms with van der Waals surface area (Å²) in [5.41, 5.74) is 6.22. The SMILES string of the molecule is CC(N)CCC(=O)N1CCN(C(=O)c2ccc(O)cc2)CC1.Cl. The lowest BCUT2D eigenvalue weighted by Crippen LogP contribution is -2.50. The molecule has 2 rings (SSSR count). The summed E-state index contributed by atoms with van der Waals surface area (Å²) in [6, 6.07) is 6.25. The molecule has 3 N–H and O–H groups in total. The van der Waals surface area contributed by atoms with Crippen LogP contribution in [0.3, 0.4) is 0 Å². The fourth-order valence-corrected chi connectivity index (χ4v) is 2.45. The van der Waals surface area contributed by atoms with Gasteiger partial charge in [-0.3, -0.25) is 9.59 Å². The summed E-state index contributed by atoms with van der Waals surface area (Å²) in [6.07, 6.45) is 1.15. The summed E-state index contributed by atoms with van der Waals surface area (Å²) >= 11 is 0. The van der Waals surface area contributed by atoms with Crippen LogP contribution in [0, 0.1) is 0 Å². The van der Waals surface area contributed by atoms with Gasteiger partial charge in [0.15, 0.2) is 0 Å². The molecule has 2 amide bonds. The molecule has 0 saturated carbocycles. The monoisotopic (exact) mass is 341 g/mol. The van der Waals surface area contributed by atoms with Crippen molar-refractivity contribution in [3.8, 4) is 5.75 Å². The second kappa shape index (κ2) is 8.74. The molecule has 1 fully saturated rings. The Labute approximate surface area is 142 Å². The molecule has 1 unspecified atom stereocenters. The molecule has 1 aromatic carbocycles. The quantitative estimate of drug-likeness (QED) is 0.862. The van der Waals surface area contributed by atoms with E-state index in [4.69, 9.17) is 5.73 Å². The number of nitrogens with zero attached hydrogens (tertiary/aromatic N) is 2. The van der Waals surface area contributed by atoms with Crippen molar-refractivity contribution in [2.24, 2.45) is 5.73 Å². The van der Waals surface area contributed by atoms with Crippen LogP contribution in [0.4, 0.5) is 0 Å². The van der Waals surface area contributed by atoms with Gasteiger partial charge < -0.3 is 20.6 Å². The Morgan fingerprint density at radius 3 is 2.17 bits per heavy atom. The zero-order chi connectivity index (χ0) is 16.1. The third kappa shape index (κ3) is 5.41. The molecule has 1 aromatic rings. The van der Waals surface area contributed by atoms with E-state index in [1.165, 1.54) is 12.1 Å². The maximum atomic E-state index is 12.3. The van der Waals surface area contributed by atoms with Gasteiger partial charge in [0.05, 0.1) is 0 Å². The van der Waals surface area contributed by atoms with Crippen LogP contribution in [0.1, 0.15) is 30.1 Å². The van der Waals surface area contributed by atoms with Gasteiger partial charge in [0, 0.05) is 44.2 Å². The number of hydrogen-bond donors (Lipinski definition) is 2. The number of halogens is 1. The summed E-state index contributed by atoms with van der Waals surface area (Å²) in [5.74, 6) is 0.179. The third-order valence-corrected chi connectivity index (χ3v) is 3.85. The van der Waals surface area contributed by atoms with Crippen molar-refractivity contribution >= 4 is 24.2 Å². The van der Waals surface area contributed by atoms with E-state index >= 15 is 0 Å². The van der Waals surface area contributed by atoms with Crippen LogP contribution in [0.5, 0.6) is 5.75 Å². The van der Waals surface area contributed by atoms with Crippen molar-refractivity contribution in [3.05, 3.63) is 29.8 Å². The number of phenols is 1. The first-order chi connectivity index (χ1) is 10.5. The zero-order valence-electron chi connectivity index (χ0n) is 13.3. The molecular weight excluding hydrogens is 318 g/mol. The Morgan fingerprint density at radius 2 is 1.65 bits per heavy atom. The van der Waals surface area contributed by atoms with Gasteiger partial charge in [-0.15, -0.1) is 12.4 Å². The van der Waals surface area contributed by atoms with Gasteiger partial charge in [-0.1, -0.05) is 0 Å². The number of carbonyl (C=O) groups excluding carboxylic acids is 2. The van der Waals surface area contributed by atoms with Gasteiger partial charge in [0.2, 0.25) is 5.91 Å². The minimum absolute atomic E-state index is 0. The van der Waals surface area contributed by atoms with Gasteiger partial charge in [-0.25, -0.2) is 0 Å². The molecule has 0 aliphatic carbocycles. The van der Waals surface area contributed by atoms with E-state index in [1.807, 2.05) is 6.92 Å². The van der Waals surface area contributed by atoms with Gasteiger partial charge in [-0.05, 0) is 37.6 Å². The van der Waals surface area contributed by atoms with Crippen molar-refractivity contribution in [3.63, 3.8) is 0 Å². The van der Waals surface area contributed by atoms with Crippen LogP contribution in [-0.4, -0.2) is 58.9 Å². The average molecular weight is 342 g/mol. The molecule has 1 atom stereocenters. The Bertz CT molecular complexity index is 526. The normalized spacial score (nSPS) is 15.7. The first kappa shape index (κ1) is 19.3. The minimum atomic E-state index is -0.0670. The number of aromatic hydroxyl groups is 1. The smallest absolute Gasteiger partial charge is 0.253 e. The number of rotatable bonds is 4. The first-order valence-electron chi connectivity index (χ1n) is 7.59. The molecule has 23 heavy (non-hydrogen) atoms. The first-order valence-corrected chi connectivity index (χ1v) is 7.59. The van der Waals surface area contributed by atoms with Crippen molar-refractivity contribution in [1.82, 2.24) is 9.80 Å². The van der Waals surface area contributed by atoms with Gasteiger partial charge in [-0.2, -0.15) is 0 Å². The molecule has 1 heterocycles. The highest BCUT2D eigenvalue weighted by molar-refractivity contribution is 5.94. The highest BCUT2D eigenvalue weighted by Crippen LogP contribution is 2.14. The summed E-state index contributed by atoms with van der Waals surface area (Å²) in [5, 5.41) is 9.26. The lowest BCUT2D eigenvalue weighted by Gasteiger charge is -2.35. The molecule has 7 heteroatoms. The molecule has 1 aliphatic heterocycles. The Morgan fingerprint density at radius 1 is 1.13 bits per heavy atom. The fraction of sp³-hybridized carbons (Fsp3) is 0.500. The fourth-order valence-electron chi connectivity index (χ4n) is 2.45. The number of nitrogens with two attached hydrogens (primary N) is 1. The number of carbonyl (C=O) groups is 2. The van der Waals surface area contributed by atoms with Crippen molar-refractivity contribution in [2.75, 3.05) is 26.2 Å². The molecule has 128 valence electrons. The molecule has 0 aromatic heterocycles. The molecule has 0 bridgehead atoms. The molecule has 1 aliphatic rings. The van der Waals surface area contributed by atoms with Crippen molar-refractivity contribution in [2.45, 2.75) is 25.8 Å². The number of hydrogen-bond acceptors (Lipinski definition) is 4. The number of piperazine rings is 1. The van der Waals surface area contributed by atoms with Crippen molar-refractivity contribution < 1.29 is 14.7 Å². The molecule has 6 nitrogen and oxygen atoms in total. The molecule has 0 spiro atoms. The summed E-state index contributed by atoms with van der Waals surface area (Å²) in [6.45, 7) is 4.07. The van der Waals surface area contributed by atoms with E-state index < -0.39 is 0 Å². The minimum Gasteiger partial charge on any atom is -0.508 e. The standard InChI is InChI=1S/C16H23N3O3.ClH/c1-12(17)2-7-15(21)18-8-10-19(11-9-18)16(22)13-3-5-14(20)6-4-13;/h3-6,12,20H,2,7-11,17H2,1H3;1H. The molecule has 1 saturated heterocycles. The van der Waals surface area contributed by atoms with Gasteiger partial charge in [0.25, 0.3) is 5.91 Å². The number of benzene rings is 1. The zero-order valence-corrected chi connectivity index (χ0v) is 14.1. The summed E-state index contributed by atoms with van der Waals surface area (Å²) in [4.78, 5) is 27.9. The maximum absolute atomic E-state index is 12.3. The third-order valence-electron chi connectivity index (χ3n) is 3.85. The van der Waals surface area contributed by atoms with Gasteiger partial charge in [0.1, 0.15) is 5.75 Å². The Hall–Kier alpha value is -1.79. The van der Waals surface area contributed by atoms with E-state index in [9.17, 15) is 14.7 Å². The van der Waals surface area contributed by atoms with Gasteiger partial charge >= 0.3 is 0 Å². The van der Waals surface area contributed by atoms with E-state index in [1.54, 1.807) is 21.9 Å². The predicted molar refractivity (Wildman–Crippen MR) is 90.7 cm³/mol. The lowest BCUT2D eigenvalue weighted by atomic mass is 10.1. The summed E-state index contributed by atoms with van der Waals surface area (Å²) < 4.78 is 0. The van der Waals surface area contributed by atoms with E-state index in [-0.39, 0.29) is 36.0 Å². The Balaban J connectivity index is 0.00000264. The largest absolute Gasteiger partial charge is 0.508 e. The van der Waals surface area contributed by atoms with E-state index in [0.29, 0.717) is 44.6 Å². The molecule has 0 radical (unpaired) electrons. The maximum Gasteiger partial charge on any atom is 0.253 e. The van der Waals surface area contributed by atoms with Crippen LogP contribution in [0.25, 0.3) is 0 Å². The number of phenolic OH excluding ortho intramolecular Hbond substituents is 1. The summed E-state index contributed by atoms with van der Waals surface area (Å²) in [7, 11) is 0. The lowest BCUT2D eigenvalue weighted by molar-refractivity contribution is -0.132. The topological polar surface area (TPSA) is 86.9 Å². The highest BCUT2D eigenvalue weighted by Gasteiger charge is 2.24. The van der Waals surface area contributed by atoms with Crippen LogP contribution in [-0.2, 0) is 4.79 Å². The molecular formula is C16H24ClN3O3. The van der Waals surface area contributed by atoms with Crippen LogP contribution >= 0.6 is 12.4 Å². The number of amides is 2. The van der Waals surface area contributed by atoms with E-state index in [0.717, 1.165) is 0 Å².